The van der Waals surface area contributed by atoms with Crippen LogP contribution in [0.25, 0.3) is 11.0 Å². The van der Waals surface area contributed by atoms with Crippen molar-refractivity contribution in [2.75, 3.05) is 33.2 Å². The Morgan fingerprint density at radius 3 is 2.59 bits per heavy atom. The number of carbonyl (C=O) groups is 1. The number of hydrogen-bond donors (Lipinski definition) is 1. The number of nitrogens with one attached hydrogen (secondary N) is 1. The van der Waals surface area contributed by atoms with Gasteiger partial charge in [-0.3, -0.25) is 9.69 Å². The Morgan fingerprint density at radius 2 is 1.80 bits per heavy atom. The first-order valence-corrected chi connectivity index (χ1v) is 14.4. The second kappa shape index (κ2) is 11.1. The first-order valence-electron chi connectivity index (χ1n) is 14.4. The third kappa shape index (κ3) is 5.23. The molecule has 3 aromatic rings. The van der Waals surface area contributed by atoms with Gasteiger partial charge in [0.2, 0.25) is 0 Å². The first kappa shape index (κ1) is 27.8. The fourth-order valence-electron chi connectivity index (χ4n) is 7.09. The molecule has 41 heavy (non-hydrogen) atoms. The second-order valence-corrected chi connectivity index (χ2v) is 11.7. The normalized spacial score (nSPS) is 23.0. The summed E-state index contributed by atoms with van der Waals surface area (Å²) in [6.45, 7) is 2.27. The number of piperazine rings is 1. The molecule has 218 valence electrons. The van der Waals surface area contributed by atoms with Gasteiger partial charge in [0.1, 0.15) is 23.0 Å². The lowest BCUT2D eigenvalue weighted by Gasteiger charge is -2.51. The van der Waals surface area contributed by atoms with Gasteiger partial charge in [0, 0.05) is 55.4 Å². The molecule has 3 fully saturated rings. The molecule has 2 amide bonds. The maximum absolute atomic E-state index is 14.9. The van der Waals surface area contributed by atoms with Crippen LogP contribution in [0.1, 0.15) is 55.7 Å². The molecule has 2 aromatic carbocycles. The molecule has 1 spiro atoms. The lowest BCUT2D eigenvalue weighted by molar-refractivity contribution is -0.00255. The Morgan fingerprint density at radius 1 is 1.05 bits per heavy atom. The highest BCUT2D eigenvalue weighted by atomic mass is 19.1. The van der Waals surface area contributed by atoms with Gasteiger partial charge in [0.15, 0.2) is 5.43 Å². The number of carbonyl (C=O) groups excluding carboxylic acids is 1. The first-order chi connectivity index (χ1) is 19.8. The van der Waals surface area contributed by atoms with Crippen LogP contribution in [0.2, 0.25) is 0 Å². The van der Waals surface area contributed by atoms with E-state index in [1.807, 2.05) is 11.9 Å². The minimum absolute atomic E-state index is 0.0897. The fraction of sp³-hybridized carbons (Fsp3) is 0.484. The molecule has 1 saturated carbocycles. The summed E-state index contributed by atoms with van der Waals surface area (Å²) in [6, 6.07) is 6.71. The second-order valence-electron chi connectivity index (χ2n) is 11.7. The molecule has 0 radical (unpaired) electrons. The summed E-state index contributed by atoms with van der Waals surface area (Å²) in [4.78, 5) is 33.1. The van der Waals surface area contributed by atoms with Gasteiger partial charge in [-0.2, -0.15) is 0 Å². The molecule has 3 heterocycles. The zero-order valence-corrected chi connectivity index (χ0v) is 23.2. The highest BCUT2D eigenvalue weighted by Gasteiger charge is 2.46. The minimum Gasteiger partial charge on any atom is -0.464 e. The Kier molecular flexibility index (Phi) is 7.54. The summed E-state index contributed by atoms with van der Waals surface area (Å²) in [7, 11) is 1.84. The molecular weight excluding hydrogens is 533 g/mol. The molecule has 1 aromatic heterocycles. The number of nitrogens with zero attached hydrogens (tertiary/aromatic N) is 3. The van der Waals surface area contributed by atoms with Crippen LogP contribution in [0.4, 0.5) is 18.0 Å². The summed E-state index contributed by atoms with van der Waals surface area (Å²) in [5, 5.41) is 3.46. The van der Waals surface area contributed by atoms with E-state index in [-0.39, 0.29) is 34.0 Å². The van der Waals surface area contributed by atoms with Gasteiger partial charge in [-0.05, 0) is 69.1 Å². The predicted octanol–water partition coefficient (Wildman–Crippen LogP) is 5.19. The van der Waals surface area contributed by atoms with E-state index in [0.717, 1.165) is 44.2 Å². The van der Waals surface area contributed by atoms with Crippen LogP contribution < -0.4 is 10.7 Å². The van der Waals surface area contributed by atoms with E-state index < -0.39 is 23.5 Å². The third-order valence-corrected chi connectivity index (χ3v) is 9.34. The number of fused-ring (bicyclic) bond motifs is 1. The molecule has 3 aliphatic rings. The summed E-state index contributed by atoms with van der Waals surface area (Å²) in [5.41, 5.74) is 0.458. The van der Waals surface area contributed by atoms with Crippen LogP contribution in [0.15, 0.2) is 51.9 Å². The van der Waals surface area contributed by atoms with Crippen LogP contribution in [0, 0.1) is 17.5 Å². The van der Waals surface area contributed by atoms with Crippen molar-refractivity contribution in [2.24, 2.45) is 0 Å². The standard InChI is InChI=1S/C31H35F3N4O3/c1-35-23-8-11-38(27(16-23)24-14-21(32)4-6-26(24)34)30(40)36-12-13-37(31(19-36)9-2-3-10-31)17-20-18-41-28-7-5-22(33)15-25(28)29(20)39/h4-7,14-15,18,23,27,35H,2-3,8-13,16-17,19H2,1H3/t23-,27+/m1/s1. The predicted molar refractivity (Wildman–Crippen MR) is 149 cm³/mol. The van der Waals surface area contributed by atoms with Gasteiger partial charge >= 0.3 is 6.03 Å². The van der Waals surface area contributed by atoms with Gasteiger partial charge in [-0.15, -0.1) is 0 Å². The maximum atomic E-state index is 14.9. The molecular formula is C31H35F3N4O3. The van der Waals surface area contributed by atoms with Gasteiger partial charge in [-0.25, -0.2) is 18.0 Å². The van der Waals surface area contributed by atoms with Crippen molar-refractivity contribution >= 4 is 17.0 Å². The van der Waals surface area contributed by atoms with Crippen LogP contribution in [0.3, 0.4) is 0 Å². The summed E-state index contributed by atoms with van der Waals surface area (Å²) < 4.78 is 48.6. The highest BCUT2D eigenvalue weighted by molar-refractivity contribution is 5.77. The Bertz CT molecular complexity index is 1510. The number of likely N-dealkylation sites (tertiary alicyclic amines) is 1. The smallest absolute Gasteiger partial charge is 0.320 e. The summed E-state index contributed by atoms with van der Waals surface area (Å²) in [5.74, 6) is -1.53. The van der Waals surface area contributed by atoms with Crippen LogP contribution >= 0.6 is 0 Å². The Hall–Kier alpha value is -3.37. The third-order valence-electron chi connectivity index (χ3n) is 9.34. The van der Waals surface area contributed by atoms with Crippen molar-refractivity contribution in [3.05, 3.63) is 81.5 Å². The van der Waals surface area contributed by atoms with Crippen molar-refractivity contribution < 1.29 is 22.4 Å². The Balaban J connectivity index is 1.25. The largest absolute Gasteiger partial charge is 0.464 e. The quantitative estimate of drug-likeness (QED) is 0.470. The summed E-state index contributed by atoms with van der Waals surface area (Å²) >= 11 is 0. The van der Waals surface area contributed by atoms with E-state index in [9.17, 15) is 22.8 Å². The zero-order valence-electron chi connectivity index (χ0n) is 23.2. The molecule has 6 rings (SSSR count). The molecule has 10 heteroatoms. The van der Waals surface area contributed by atoms with E-state index in [1.165, 1.54) is 30.5 Å². The SMILES string of the molecule is CN[C@@H]1CCN(C(=O)N2CCN(Cc3coc4ccc(F)cc4c3=O)C3(CCCC3)C2)[C@H](c2cc(F)ccc2F)C1. The van der Waals surface area contributed by atoms with Crippen molar-refractivity contribution in [1.29, 1.82) is 0 Å². The highest BCUT2D eigenvalue weighted by Crippen LogP contribution is 2.40. The summed E-state index contributed by atoms with van der Waals surface area (Å²) in [6.07, 6.45) is 6.47. The Labute approximate surface area is 236 Å². The monoisotopic (exact) mass is 568 g/mol. The van der Waals surface area contributed by atoms with Gasteiger partial charge in [-0.1, -0.05) is 12.8 Å². The van der Waals surface area contributed by atoms with Gasteiger partial charge in [0.05, 0.1) is 17.7 Å². The number of benzene rings is 2. The lowest BCUT2D eigenvalue weighted by Crippen LogP contribution is -2.64. The van der Waals surface area contributed by atoms with E-state index in [2.05, 4.69) is 10.2 Å². The van der Waals surface area contributed by atoms with Crippen LogP contribution in [-0.2, 0) is 6.54 Å². The van der Waals surface area contributed by atoms with Crippen molar-refractivity contribution in [1.82, 2.24) is 20.0 Å². The fourth-order valence-corrected chi connectivity index (χ4v) is 7.09. The zero-order chi connectivity index (χ0) is 28.7. The van der Waals surface area contributed by atoms with Crippen molar-refractivity contribution in [3.8, 4) is 0 Å². The van der Waals surface area contributed by atoms with Crippen molar-refractivity contribution in [3.63, 3.8) is 0 Å². The molecule has 2 atom stereocenters. The number of amides is 2. The lowest BCUT2D eigenvalue weighted by atomic mass is 9.90. The molecule has 2 aliphatic heterocycles. The molecule has 1 aliphatic carbocycles. The number of urea groups is 1. The number of hydrogen-bond acceptors (Lipinski definition) is 5. The van der Waals surface area contributed by atoms with Gasteiger partial charge < -0.3 is 19.5 Å². The number of rotatable bonds is 4. The molecule has 7 nitrogen and oxygen atoms in total. The average Bonchev–Trinajstić information content (AvgIpc) is 3.45. The maximum Gasteiger partial charge on any atom is 0.320 e. The van der Waals surface area contributed by atoms with Crippen molar-refractivity contribution in [2.45, 2.75) is 62.7 Å². The topological polar surface area (TPSA) is 69.0 Å². The molecule has 1 N–H and O–H groups in total. The van der Waals surface area contributed by atoms with Gasteiger partial charge in [0.25, 0.3) is 0 Å². The number of piperidine rings is 1. The van der Waals surface area contributed by atoms with E-state index >= 15 is 0 Å². The van der Waals surface area contributed by atoms with Crippen LogP contribution in [-0.4, -0.2) is 65.5 Å². The van der Waals surface area contributed by atoms with E-state index in [0.29, 0.717) is 50.3 Å². The molecule has 0 unspecified atom stereocenters. The number of halogens is 3. The molecule has 2 saturated heterocycles. The molecule has 0 bridgehead atoms. The average molecular weight is 569 g/mol. The van der Waals surface area contributed by atoms with Crippen LogP contribution in [0.5, 0.6) is 0 Å². The van der Waals surface area contributed by atoms with E-state index in [1.54, 1.807) is 4.90 Å². The van der Waals surface area contributed by atoms with E-state index in [4.69, 9.17) is 4.42 Å². The minimum atomic E-state index is -0.579.